The fourth-order valence-electron chi connectivity index (χ4n) is 1.30. The summed E-state index contributed by atoms with van der Waals surface area (Å²) >= 11 is 0. The molecule has 0 N–H and O–H groups in total. The Morgan fingerprint density at radius 1 is 0.778 bits per heavy atom. The van der Waals surface area contributed by atoms with E-state index in [1.807, 2.05) is 67.5 Å². The summed E-state index contributed by atoms with van der Waals surface area (Å²) in [4.78, 5) is 0. The second-order valence-electron chi connectivity index (χ2n) is 2.56. The van der Waals surface area contributed by atoms with Gasteiger partial charge in [-0.05, 0) is 24.5 Å². The van der Waals surface area contributed by atoms with E-state index in [4.69, 9.17) is 4.74 Å². The predicted octanol–water partition coefficient (Wildman–Crippen LogP) is 6.12. The zero-order chi connectivity index (χ0) is 14.8. The zero-order valence-electron chi connectivity index (χ0n) is 13.8. The minimum absolute atomic E-state index is 0.886. The van der Waals surface area contributed by atoms with E-state index in [0.29, 0.717) is 0 Å². The van der Waals surface area contributed by atoms with E-state index in [9.17, 15) is 0 Å². The first-order valence-electron chi connectivity index (χ1n) is 7.67. The normalized spacial score (nSPS) is 10.0. The van der Waals surface area contributed by atoms with Gasteiger partial charge in [0.25, 0.3) is 0 Å². The van der Waals surface area contributed by atoms with Crippen molar-refractivity contribution in [3.05, 3.63) is 29.8 Å². The van der Waals surface area contributed by atoms with Crippen LogP contribution < -0.4 is 4.74 Å². The molecule has 1 heteroatoms. The van der Waals surface area contributed by atoms with Crippen LogP contribution in [0.3, 0.4) is 0 Å². The van der Waals surface area contributed by atoms with Crippen LogP contribution in [-0.4, -0.2) is 6.61 Å². The Kier molecular flexibility index (Phi) is 26.3. The largest absolute Gasteiger partial charge is 0.493 e. The maximum Gasteiger partial charge on any atom is 0.122 e. The van der Waals surface area contributed by atoms with Crippen molar-refractivity contribution in [2.75, 3.05) is 6.61 Å². The molecule has 2 rings (SSSR count). The second-order valence-corrected chi connectivity index (χ2v) is 2.56. The minimum Gasteiger partial charge on any atom is -0.493 e. The lowest BCUT2D eigenvalue weighted by Gasteiger charge is -2.15. The van der Waals surface area contributed by atoms with Gasteiger partial charge in [0.05, 0.1) is 6.61 Å². The fraction of sp³-hybridized carbons (Fsp3) is 0.647. The summed E-state index contributed by atoms with van der Waals surface area (Å²) in [5.74, 6) is 1.08. The molecule has 1 aromatic rings. The van der Waals surface area contributed by atoms with Crippen molar-refractivity contribution in [1.82, 2.24) is 0 Å². The van der Waals surface area contributed by atoms with E-state index in [-0.39, 0.29) is 0 Å². The van der Waals surface area contributed by atoms with Crippen LogP contribution in [0.15, 0.2) is 24.3 Å². The van der Waals surface area contributed by atoms with Crippen LogP contribution in [0.5, 0.6) is 5.75 Å². The van der Waals surface area contributed by atoms with Crippen molar-refractivity contribution in [2.45, 2.75) is 68.2 Å². The summed E-state index contributed by atoms with van der Waals surface area (Å²) in [5, 5.41) is 0. The fourth-order valence-corrected chi connectivity index (χ4v) is 1.30. The zero-order valence-corrected chi connectivity index (χ0v) is 13.8. The van der Waals surface area contributed by atoms with Gasteiger partial charge in [0.2, 0.25) is 0 Å². The molecule has 0 spiro atoms. The third-order valence-electron chi connectivity index (χ3n) is 1.82. The van der Waals surface area contributed by atoms with Crippen molar-refractivity contribution in [1.29, 1.82) is 0 Å². The van der Waals surface area contributed by atoms with Gasteiger partial charge in [-0.15, -0.1) is 0 Å². The van der Waals surface area contributed by atoms with E-state index in [0.717, 1.165) is 18.8 Å². The summed E-state index contributed by atoms with van der Waals surface area (Å²) in [5.41, 5.74) is 1.36. The molecule has 0 aromatic heterocycles. The highest BCUT2D eigenvalue weighted by molar-refractivity contribution is 5.34. The molecule has 0 aliphatic carbocycles. The van der Waals surface area contributed by atoms with Crippen molar-refractivity contribution >= 4 is 0 Å². The maximum atomic E-state index is 5.42. The summed E-state index contributed by atoms with van der Waals surface area (Å²) in [6.45, 7) is 16.9. The van der Waals surface area contributed by atoms with E-state index in [1.54, 1.807) is 0 Å². The molecule has 0 saturated carbocycles. The topological polar surface area (TPSA) is 9.23 Å². The second kappa shape index (κ2) is 21.3. The molecule has 0 amide bonds. The summed E-state index contributed by atoms with van der Waals surface area (Å²) in [6.07, 6.45) is 2.34. The standard InChI is InChI=1S/C9H10O.4C2H6/c1-2-6-9-8(4-1)5-3-7-10-9;4*1-2/h1-2,4,6H,3,5,7H2;4*1-2H3. The average molecular weight is 254 g/mol. The highest BCUT2D eigenvalue weighted by Gasteiger charge is 2.06. The van der Waals surface area contributed by atoms with Crippen LogP contribution in [0.25, 0.3) is 0 Å². The van der Waals surface area contributed by atoms with Crippen molar-refractivity contribution < 1.29 is 4.74 Å². The van der Waals surface area contributed by atoms with Crippen molar-refractivity contribution in [3.8, 4) is 5.75 Å². The SMILES string of the molecule is CC.CC.CC.CC.c1ccc2c(c1)CCCO2. The van der Waals surface area contributed by atoms with E-state index in [2.05, 4.69) is 12.1 Å². The molecule has 0 bridgehead atoms. The minimum atomic E-state index is 0.886. The predicted molar refractivity (Wildman–Crippen MR) is 85.7 cm³/mol. The molecule has 1 aromatic carbocycles. The number of rotatable bonds is 0. The first kappa shape index (κ1) is 22.2. The quantitative estimate of drug-likeness (QED) is 0.542. The third kappa shape index (κ3) is 10.2. The lowest BCUT2D eigenvalue weighted by atomic mass is 10.1. The van der Waals surface area contributed by atoms with Gasteiger partial charge in [0, 0.05) is 0 Å². The van der Waals surface area contributed by atoms with Gasteiger partial charge in [0.1, 0.15) is 5.75 Å². The van der Waals surface area contributed by atoms with Gasteiger partial charge >= 0.3 is 0 Å². The number of aryl methyl sites for hydroxylation is 1. The van der Waals surface area contributed by atoms with Gasteiger partial charge in [-0.25, -0.2) is 0 Å². The van der Waals surface area contributed by atoms with E-state index < -0.39 is 0 Å². The molecule has 18 heavy (non-hydrogen) atoms. The van der Waals surface area contributed by atoms with Gasteiger partial charge in [-0.2, -0.15) is 0 Å². The molecule has 0 unspecified atom stereocenters. The van der Waals surface area contributed by atoms with Crippen LogP contribution in [0.2, 0.25) is 0 Å². The Balaban J connectivity index is -0.000000244. The van der Waals surface area contributed by atoms with Gasteiger partial charge in [0.15, 0.2) is 0 Å². The molecular formula is C17H34O. The summed E-state index contributed by atoms with van der Waals surface area (Å²) < 4.78 is 5.42. The van der Waals surface area contributed by atoms with Crippen LogP contribution in [-0.2, 0) is 6.42 Å². The van der Waals surface area contributed by atoms with Crippen molar-refractivity contribution in [3.63, 3.8) is 0 Å². The van der Waals surface area contributed by atoms with E-state index in [1.165, 1.54) is 12.0 Å². The number of fused-ring (bicyclic) bond motifs is 1. The highest BCUT2D eigenvalue weighted by atomic mass is 16.5. The smallest absolute Gasteiger partial charge is 0.122 e. The Morgan fingerprint density at radius 3 is 1.78 bits per heavy atom. The number of hydrogen-bond donors (Lipinski definition) is 0. The maximum absolute atomic E-state index is 5.42. The lowest BCUT2D eigenvalue weighted by Crippen LogP contribution is -2.07. The number of hydrogen-bond acceptors (Lipinski definition) is 1. The van der Waals surface area contributed by atoms with Gasteiger partial charge in [-0.1, -0.05) is 73.6 Å². The van der Waals surface area contributed by atoms with Crippen LogP contribution in [0.4, 0.5) is 0 Å². The Labute approximate surface area is 116 Å². The molecular weight excluding hydrogens is 220 g/mol. The van der Waals surface area contributed by atoms with Crippen molar-refractivity contribution in [2.24, 2.45) is 0 Å². The first-order valence-corrected chi connectivity index (χ1v) is 7.67. The monoisotopic (exact) mass is 254 g/mol. The van der Waals surface area contributed by atoms with Crippen LogP contribution in [0, 0.1) is 0 Å². The van der Waals surface area contributed by atoms with E-state index >= 15 is 0 Å². The molecule has 0 radical (unpaired) electrons. The summed E-state index contributed by atoms with van der Waals surface area (Å²) in [6, 6.07) is 8.25. The molecule has 0 atom stereocenters. The average Bonchev–Trinajstić information content (AvgIpc) is 2.55. The molecule has 1 nitrogen and oxygen atoms in total. The summed E-state index contributed by atoms with van der Waals surface area (Å²) in [7, 11) is 0. The number of benzene rings is 1. The molecule has 1 heterocycles. The molecule has 108 valence electrons. The highest BCUT2D eigenvalue weighted by Crippen LogP contribution is 2.22. The Bertz CT molecular complexity index is 206. The molecule has 1 aliphatic heterocycles. The number of ether oxygens (including phenoxy) is 1. The first-order chi connectivity index (χ1) is 8.97. The lowest BCUT2D eigenvalue weighted by molar-refractivity contribution is 0.288. The van der Waals surface area contributed by atoms with Crippen LogP contribution in [0.1, 0.15) is 67.4 Å². The molecule has 1 aliphatic rings. The number of para-hydroxylation sites is 1. The molecule has 0 fully saturated rings. The van der Waals surface area contributed by atoms with Gasteiger partial charge in [-0.3, -0.25) is 0 Å². The Hall–Kier alpha value is -0.980. The van der Waals surface area contributed by atoms with Gasteiger partial charge < -0.3 is 4.74 Å². The Morgan fingerprint density at radius 2 is 1.28 bits per heavy atom. The van der Waals surface area contributed by atoms with Crippen LogP contribution >= 0.6 is 0 Å². The molecule has 0 saturated heterocycles. The third-order valence-corrected chi connectivity index (χ3v) is 1.82.